The molecule has 3 aromatic rings. The van der Waals surface area contributed by atoms with Crippen LogP contribution in [0.4, 0.5) is 5.69 Å². The molecule has 0 saturated heterocycles. The first kappa shape index (κ1) is 15.7. The van der Waals surface area contributed by atoms with Gasteiger partial charge in [-0.3, -0.25) is 9.59 Å². The van der Waals surface area contributed by atoms with Gasteiger partial charge in [0.2, 0.25) is 0 Å². The van der Waals surface area contributed by atoms with Gasteiger partial charge in [-0.1, -0.05) is 48.5 Å². The van der Waals surface area contributed by atoms with Gasteiger partial charge in [0.25, 0.3) is 5.91 Å². The minimum Gasteiger partial charge on any atom is -0.337 e. The molecule has 4 heteroatoms. The first-order chi connectivity index (χ1) is 11.6. The Bertz CT molecular complexity index is 781. The number of Topliss-reactive ketones (excluding diaryl/α,β-unsaturated/α-hetero) is 1. The zero-order valence-electron chi connectivity index (χ0n) is 13.4. The number of rotatable bonds is 5. The molecule has 3 rings (SSSR count). The number of ketones is 1. The molecule has 0 saturated carbocycles. The molecule has 0 unspecified atom stereocenters. The second-order valence-corrected chi connectivity index (χ2v) is 5.57. The van der Waals surface area contributed by atoms with Gasteiger partial charge in [-0.15, -0.1) is 0 Å². The Morgan fingerprint density at radius 2 is 1.42 bits per heavy atom. The van der Waals surface area contributed by atoms with Crippen LogP contribution < -0.4 is 5.32 Å². The van der Waals surface area contributed by atoms with E-state index in [1.54, 1.807) is 23.7 Å². The third kappa shape index (κ3) is 3.43. The summed E-state index contributed by atoms with van der Waals surface area (Å²) in [5.74, 6) is -0.245. The second kappa shape index (κ2) is 6.96. The van der Waals surface area contributed by atoms with Gasteiger partial charge in [0.1, 0.15) is 5.69 Å². The number of benzene rings is 2. The van der Waals surface area contributed by atoms with Gasteiger partial charge in [0.05, 0.1) is 5.69 Å². The van der Waals surface area contributed by atoms with Crippen LogP contribution in [0.3, 0.4) is 0 Å². The van der Waals surface area contributed by atoms with E-state index in [1.165, 1.54) is 0 Å². The molecule has 4 nitrogen and oxygen atoms in total. The molecule has 0 bridgehead atoms. The molecule has 1 aromatic heterocycles. The lowest BCUT2D eigenvalue weighted by Crippen LogP contribution is -2.18. The van der Waals surface area contributed by atoms with E-state index >= 15 is 0 Å². The van der Waals surface area contributed by atoms with Gasteiger partial charge >= 0.3 is 0 Å². The smallest absolute Gasteiger partial charge is 0.272 e. The number of carbonyl (C=O) groups is 2. The molecule has 0 radical (unpaired) electrons. The molecule has 1 heterocycles. The van der Waals surface area contributed by atoms with Crippen molar-refractivity contribution in [1.82, 2.24) is 4.57 Å². The van der Waals surface area contributed by atoms with Crippen LogP contribution in [0.25, 0.3) is 0 Å². The summed E-state index contributed by atoms with van der Waals surface area (Å²) >= 11 is 0. The zero-order chi connectivity index (χ0) is 16.9. The van der Waals surface area contributed by atoms with E-state index in [0.717, 1.165) is 11.3 Å². The molecule has 0 aliphatic carbocycles. The largest absolute Gasteiger partial charge is 0.337 e. The van der Waals surface area contributed by atoms with Crippen molar-refractivity contribution in [2.75, 3.05) is 5.32 Å². The molecule has 120 valence electrons. The number of aromatic nitrogens is 1. The molecular weight excluding hydrogens is 300 g/mol. The van der Waals surface area contributed by atoms with Gasteiger partial charge in [0, 0.05) is 19.2 Å². The minimum atomic E-state index is -0.234. The number of para-hydroxylation sites is 1. The SMILES string of the molecule is Cn1c(C(=O)Cc2ccccc2)ccc1C(=O)Nc1ccccc1. The number of nitrogens with one attached hydrogen (secondary N) is 1. The number of hydrogen-bond acceptors (Lipinski definition) is 2. The van der Waals surface area contributed by atoms with Gasteiger partial charge in [-0.25, -0.2) is 0 Å². The van der Waals surface area contributed by atoms with Crippen molar-refractivity contribution in [2.24, 2.45) is 7.05 Å². The second-order valence-electron chi connectivity index (χ2n) is 5.57. The maximum absolute atomic E-state index is 12.5. The topological polar surface area (TPSA) is 51.1 Å². The first-order valence-electron chi connectivity index (χ1n) is 7.74. The van der Waals surface area contributed by atoms with Crippen LogP contribution in [0.2, 0.25) is 0 Å². The molecule has 0 fully saturated rings. The Morgan fingerprint density at radius 3 is 2.08 bits per heavy atom. The van der Waals surface area contributed by atoms with Crippen molar-refractivity contribution in [2.45, 2.75) is 6.42 Å². The Hall–Kier alpha value is -3.14. The van der Waals surface area contributed by atoms with Crippen molar-refractivity contribution >= 4 is 17.4 Å². The number of anilines is 1. The van der Waals surface area contributed by atoms with Crippen LogP contribution in [0, 0.1) is 0 Å². The average molecular weight is 318 g/mol. The predicted octanol–water partition coefficient (Wildman–Crippen LogP) is 3.70. The fourth-order valence-electron chi connectivity index (χ4n) is 2.61. The minimum absolute atomic E-state index is 0.0116. The average Bonchev–Trinajstić information content (AvgIpc) is 2.98. The quantitative estimate of drug-likeness (QED) is 0.729. The van der Waals surface area contributed by atoms with E-state index in [2.05, 4.69) is 5.32 Å². The summed E-state index contributed by atoms with van der Waals surface area (Å²) in [6, 6.07) is 22.2. The van der Waals surface area contributed by atoms with Crippen LogP contribution in [0.15, 0.2) is 72.8 Å². The van der Waals surface area contributed by atoms with Gasteiger partial charge in [0.15, 0.2) is 5.78 Å². The summed E-state index contributed by atoms with van der Waals surface area (Å²) in [5, 5.41) is 2.83. The van der Waals surface area contributed by atoms with Gasteiger partial charge in [-0.2, -0.15) is 0 Å². The maximum atomic E-state index is 12.5. The van der Waals surface area contributed by atoms with E-state index in [0.29, 0.717) is 17.8 Å². The molecule has 1 N–H and O–H groups in total. The van der Waals surface area contributed by atoms with Crippen LogP contribution in [-0.2, 0) is 13.5 Å². The molecule has 2 aromatic carbocycles. The highest BCUT2D eigenvalue weighted by atomic mass is 16.2. The van der Waals surface area contributed by atoms with E-state index in [-0.39, 0.29) is 11.7 Å². The number of carbonyl (C=O) groups excluding carboxylic acids is 2. The standard InChI is InChI=1S/C20H18N2O2/c1-22-17(19(23)14-15-8-4-2-5-9-15)12-13-18(22)20(24)21-16-10-6-3-7-11-16/h2-13H,14H2,1H3,(H,21,24). The van der Waals surface area contributed by atoms with E-state index in [4.69, 9.17) is 0 Å². The summed E-state index contributed by atoms with van der Waals surface area (Å²) in [6.07, 6.45) is 0.318. The Labute approximate surface area is 140 Å². The predicted molar refractivity (Wildman–Crippen MR) is 94.3 cm³/mol. The highest BCUT2D eigenvalue weighted by Gasteiger charge is 2.17. The summed E-state index contributed by atoms with van der Waals surface area (Å²) < 4.78 is 1.64. The summed E-state index contributed by atoms with van der Waals surface area (Å²) in [4.78, 5) is 24.9. The first-order valence-corrected chi connectivity index (χ1v) is 7.74. The van der Waals surface area contributed by atoms with Crippen molar-refractivity contribution in [3.8, 4) is 0 Å². The maximum Gasteiger partial charge on any atom is 0.272 e. The van der Waals surface area contributed by atoms with Crippen LogP contribution in [-0.4, -0.2) is 16.3 Å². The molecule has 0 aliphatic heterocycles. The third-order valence-corrected chi connectivity index (χ3v) is 3.88. The van der Waals surface area contributed by atoms with Crippen LogP contribution >= 0.6 is 0 Å². The Balaban J connectivity index is 1.76. The monoisotopic (exact) mass is 318 g/mol. The van der Waals surface area contributed by atoms with Crippen LogP contribution in [0.1, 0.15) is 26.5 Å². The van der Waals surface area contributed by atoms with Crippen molar-refractivity contribution < 1.29 is 9.59 Å². The number of amides is 1. The third-order valence-electron chi connectivity index (χ3n) is 3.88. The molecule has 24 heavy (non-hydrogen) atoms. The lowest BCUT2D eigenvalue weighted by atomic mass is 10.1. The molecular formula is C20H18N2O2. The van der Waals surface area contributed by atoms with Gasteiger partial charge in [-0.05, 0) is 29.8 Å². The number of hydrogen-bond donors (Lipinski definition) is 1. The summed E-state index contributed by atoms with van der Waals surface area (Å²) in [5.41, 5.74) is 2.66. The Morgan fingerprint density at radius 1 is 0.833 bits per heavy atom. The van der Waals surface area contributed by atoms with Crippen molar-refractivity contribution in [1.29, 1.82) is 0 Å². The van der Waals surface area contributed by atoms with E-state index in [9.17, 15) is 9.59 Å². The highest BCUT2D eigenvalue weighted by Crippen LogP contribution is 2.14. The lowest BCUT2D eigenvalue weighted by molar-refractivity contribution is 0.0984. The van der Waals surface area contributed by atoms with Gasteiger partial charge < -0.3 is 9.88 Å². The van der Waals surface area contributed by atoms with Crippen molar-refractivity contribution in [3.63, 3.8) is 0 Å². The normalized spacial score (nSPS) is 10.4. The highest BCUT2D eigenvalue weighted by molar-refractivity contribution is 6.05. The van der Waals surface area contributed by atoms with Crippen molar-refractivity contribution in [3.05, 3.63) is 89.7 Å². The fraction of sp³-hybridized carbons (Fsp3) is 0.100. The van der Waals surface area contributed by atoms with E-state index < -0.39 is 0 Å². The number of nitrogens with zero attached hydrogens (tertiary/aromatic N) is 1. The summed E-state index contributed by atoms with van der Waals surface area (Å²) in [6.45, 7) is 0. The molecule has 1 amide bonds. The van der Waals surface area contributed by atoms with Crippen LogP contribution in [0.5, 0.6) is 0 Å². The Kier molecular flexibility index (Phi) is 4.57. The molecule has 0 atom stereocenters. The summed E-state index contributed by atoms with van der Waals surface area (Å²) in [7, 11) is 1.73. The zero-order valence-corrected chi connectivity index (χ0v) is 13.4. The van der Waals surface area contributed by atoms with E-state index in [1.807, 2.05) is 60.7 Å². The lowest BCUT2D eigenvalue weighted by Gasteiger charge is -2.08. The fourth-order valence-corrected chi connectivity index (χ4v) is 2.61. The molecule has 0 spiro atoms. The molecule has 0 aliphatic rings.